The molecule has 0 aliphatic carbocycles. The lowest BCUT2D eigenvalue weighted by atomic mass is 9.90. The standard InChI is InChI=1S/C19H25N5O2S/c1-13(2)19(4,12-20)21-16(25)14(3)27-18-23-22-17(26)24(18)11-10-15-8-6-5-7-9-15/h5-9,13-14H,10-11H2,1-4H3,(H,21,25)(H,22,26). The van der Waals surface area contributed by atoms with Crippen molar-refractivity contribution >= 4 is 17.7 Å². The van der Waals surface area contributed by atoms with Crippen molar-refractivity contribution in [1.29, 1.82) is 5.26 Å². The van der Waals surface area contributed by atoms with Crippen LogP contribution in [0, 0.1) is 17.2 Å². The smallest absolute Gasteiger partial charge is 0.337 e. The molecule has 7 nitrogen and oxygen atoms in total. The van der Waals surface area contributed by atoms with Crippen molar-refractivity contribution in [3.8, 4) is 6.07 Å². The van der Waals surface area contributed by atoms with Gasteiger partial charge in [0.2, 0.25) is 5.91 Å². The SMILES string of the molecule is CC(Sc1n[nH]c(=O)n1CCc1ccccc1)C(=O)NC(C)(C#N)C(C)C. The zero-order valence-corrected chi connectivity index (χ0v) is 16.8. The number of aryl methyl sites for hydroxylation is 1. The highest BCUT2D eigenvalue weighted by Crippen LogP contribution is 2.22. The van der Waals surface area contributed by atoms with Gasteiger partial charge in [-0.1, -0.05) is 55.9 Å². The summed E-state index contributed by atoms with van der Waals surface area (Å²) in [5, 5.41) is 18.6. The minimum absolute atomic E-state index is 0.0295. The minimum atomic E-state index is -0.940. The van der Waals surface area contributed by atoms with Crippen LogP contribution < -0.4 is 11.0 Å². The lowest BCUT2D eigenvalue weighted by Gasteiger charge is -2.28. The first kappa shape index (κ1) is 20.8. The zero-order chi connectivity index (χ0) is 20.0. The van der Waals surface area contributed by atoms with Gasteiger partial charge in [0.05, 0.1) is 11.3 Å². The molecule has 2 rings (SSSR count). The van der Waals surface area contributed by atoms with E-state index in [4.69, 9.17) is 0 Å². The number of rotatable bonds is 8. The molecule has 1 aromatic heterocycles. The van der Waals surface area contributed by atoms with Gasteiger partial charge >= 0.3 is 5.69 Å². The molecule has 144 valence electrons. The molecule has 1 aromatic carbocycles. The quantitative estimate of drug-likeness (QED) is 0.677. The van der Waals surface area contributed by atoms with Crippen LogP contribution in [-0.4, -0.2) is 31.5 Å². The predicted octanol–water partition coefficient (Wildman–Crippen LogP) is 2.35. The topological polar surface area (TPSA) is 104 Å². The van der Waals surface area contributed by atoms with Gasteiger partial charge in [0.1, 0.15) is 5.54 Å². The normalized spacial score (nSPS) is 14.4. The van der Waals surface area contributed by atoms with Gasteiger partial charge in [0.15, 0.2) is 5.16 Å². The third kappa shape index (κ3) is 5.23. The Balaban J connectivity index is 2.06. The second-order valence-corrected chi connectivity index (χ2v) is 8.22. The average Bonchev–Trinajstić information content (AvgIpc) is 2.99. The lowest BCUT2D eigenvalue weighted by molar-refractivity contribution is -0.121. The molecular weight excluding hydrogens is 362 g/mol. The Hall–Kier alpha value is -2.53. The molecule has 1 amide bonds. The summed E-state index contributed by atoms with van der Waals surface area (Å²) < 4.78 is 1.54. The van der Waals surface area contributed by atoms with Crippen LogP contribution in [0.5, 0.6) is 0 Å². The van der Waals surface area contributed by atoms with E-state index in [-0.39, 0.29) is 17.5 Å². The molecule has 2 unspecified atom stereocenters. The van der Waals surface area contributed by atoms with Gasteiger partial charge in [0.25, 0.3) is 0 Å². The van der Waals surface area contributed by atoms with Crippen LogP contribution in [0.1, 0.15) is 33.3 Å². The van der Waals surface area contributed by atoms with Crippen molar-refractivity contribution in [3.63, 3.8) is 0 Å². The Morgan fingerprint density at radius 1 is 1.37 bits per heavy atom. The largest absolute Gasteiger partial charge is 0.343 e. The van der Waals surface area contributed by atoms with E-state index < -0.39 is 10.8 Å². The predicted molar refractivity (Wildman–Crippen MR) is 105 cm³/mol. The van der Waals surface area contributed by atoms with Crippen molar-refractivity contribution in [3.05, 3.63) is 46.4 Å². The first-order valence-corrected chi connectivity index (χ1v) is 9.74. The van der Waals surface area contributed by atoms with Gasteiger partial charge < -0.3 is 5.32 Å². The number of nitrogens with zero attached hydrogens (tertiary/aromatic N) is 3. The van der Waals surface area contributed by atoms with Crippen LogP contribution in [0.2, 0.25) is 0 Å². The Kier molecular flexibility index (Phi) is 6.86. The van der Waals surface area contributed by atoms with Crippen LogP contribution >= 0.6 is 11.8 Å². The van der Waals surface area contributed by atoms with Crippen molar-refractivity contribution in [2.75, 3.05) is 0 Å². The molecule has 0 fully saturated rings. The lowest BCUT2D eigenvalue weighted by Crippen LogP contribution is -2.51. The van der Waals surface area contributed by atoms with Crippen LogP contribution in [0.4, 0.5) is 0 Å². The average molecular weight is 388 g/mol. The number of aromatic nitrogens is 3. The van der Waals surface area contributed by atoms with Gasteiger partial charge in [-0.05, 0) is 31.7 Å². The summed E-state index contributed by atoms with van der Waals surface area (Å²) in [6, 6.07) is 12.0. The van der Waals surface area contributed by atoms with Gasteiger partial charge in [-0.2, -0.15) is 5.26 Å². The third-order valence-corrected chi connectivity index (χ3v) is 5.70. The summed E-state index contributed by atoms with van der Waals surface area (Å²) in [6.07, 6.45) is 0.689. The van der Waals surface area contributed by atoms with E-state index in [2.05, 4.69) is 21.6 Å². The van der Waals surface area contributed by atoms with E-state index in [1.165, 1.54) is 16.3 Å². The number of nitriles is 1. The summed E-state index contributed by atoms with van der Waals surface area (Å²) in [5.41, 5.74) is -0.121. The van der Waals surface area contributed by atoms with Gasteiger partial charge in [-0.15, -0.1) is 5.10 Å². The fraction of sp³-hybridized carbons (Fsp3) is 0.474. The number of H-pyrrole nitrogens is 1. The van der Waals surface area contributed by atoms with E-state index >= 15 is 0 Å². The first-order valence-electron chi connectivity index (χ1n) is 8.86. The summed E-state index contributed by atoms with van der Waals surface area (Å²) >= 11 is 1.20. The van der Waals surface area contributed by atoms with E-state index in [9.17, 15) is 14.9 Å². The Morgan fingerprint density at radius 2 is 2.04 bits per heavy atom. The number of aromatic amines is 1. The highest BCUT2D eigenvalue weighted by molar-refractivity contribution is 8.00. The van der Waals surface area contributed by atoms with E-state index in [0.29, 0.717) is 18.1 Å². The van der Waals surface area contributed by atoms with E-state index in [1.54, 1.807) is 13.8 Å². The molecule has 0 radical (unpaired) electrons. The molecule has 0 aliphatic heterocycles. The second kappa shape index (κ2) is 8.91. The monoisotopic (exact) mass is 387 g/mol. The Morgan fingerprint density at radius 3 is 2.63 bits per heavy atom. The van der Waals surface area contributed by atoms with E-state index in [1.807, 2.05) is 44.2 Å². The fourth-order valence-corrected chi connectivity index (χ4v) is 3.23. The minimum Gasteiger partial charge on any atom is -0.337 e. The van der Waals surface area contributed by atoms with Gasteiger partial charge in [0, 0.05) is 6.54 Å². The summed E-state index contributed by atoms with van der Waals surface area (Å²) in [5.74, 6) is -0.291. The maximum atomic E-state index is 12.5. The molecule has 8 heteroatoms. The summed E-state index contributed by atoms with van der Waals surface area (Å²) in [6.45, 7) is 7.68. The highest BCUT2D eigenvalue weighted by atomic mass is 32.2. The molecule has 2 atom stereocenters. The van der Waals surface area contributed by atoms with Gasteiger partial charge in [-0.25, -0.2) is 9.89 Å². The molecule has 27 heavy (non-hydrogen) atoms. The number of carbonyl (C=O) groups excluding carboxylic acids is 1. The number of hydrogen-bond donors (Lipinski definition) is 2. The van der Waals surface area contributed by atoms with Crippen molar-refractivity contribution in [2.45, 2.75) is 56.6 Å². The van der Waals surface area contributed by atoms with Crippen LogP contribution in [0.3, 0.4) is 0 Å². The summed E-state index contributed by atoms with van der Waals surface area (Å²) in [4.78, 5) is 24.6. The van der Waals surface area contributed by atoms with Gasteiger partial charge in [-0.3, -0.25) is 9.36 Å². The van der Waals surface area contributed by atoms with E-state index in [0.717, 1.165) is 5.56 Å². The van der Waals surface area contributed by atoms with Crippen molar-refractivity contribution in [2.24, 2.45) is 5.92 Å². The third-order valence-electron chi connectivity index (χ3n) is 4.61. The Labute approximate surface area is 163 Å². The molecule has 1 heterocycles. The molecule has 0 saturated carbocycles. The van der Waals surface area contributed by atoms with Crippen LogP contribution in [0.25, 0.3) is 0 Å². The summed E-state index contributed by atoms with van der Waals surface area (Å²) in [7, 11) is 0. The molecule has 2 N–H and O–H groups in total. The fourth-order valence-electron chi connectivity index (χ4n) is 2.35. The molecule has 0 aliphatic rings. The Bertz CT molecular complexity index is 868. The number of nitrogens with one attached hydrogen (secondary N) is 2. The van der Waals surface area contributed by atoms with Crippen molar-refractivity contribution < 1.29 is 4.79 Å². The van der Waals surface area contributed by atoms with Crippen LogP contribution in [0.15, 0.2) is 40.3 Å². The number of hydrogen-bond acceptors (Lipinski definition) is 5. The number of benzene rings is 1. The van der Waals surface area contributed by atoms with Crippen LogP contribution in [-0.2, 0) is 17.8 Å². The zero-order valence-electron chi connectivity index (χ0n) is 16.0. The number of thioether (sulfide) groups is 1. The molecule has 0 spiro atoms. The molecular formula is C19H25N5O2S. The highest BCUT2D eigenvalue weighted by Gasteiger charge is 2.32. The number of amides is 1. The molecule has 0 bridgehead atoms. The molecule has 0 saturated heterocycles. The second-order valence-electron chi connectivity index (χ2n) is 6.92. The first-order chi connectivity index (χ1) is 12.8. The maximum Gasteiger partial charge on any atom is 0.343 e. The van der Waals surface area contributed by atoms with Crippen molar-refractivity contribution in [1.82, 2.24) is 20.1 Å². The maximum absolute atomic E-state index is 12.5. The number of carbonyl (C=O) groups is 1. The molecule has 2 aromatic rings.